The molecule has 0 saturated heterocycles. The zero-order valence-electron chi connectivity index (χ0n) is 7.99. The van der Waals surface area contributed by atoms with E-state index in [0.717, 1.165) is 19.3 Å². The molecule has 1 aliphatic rings. The highest BCUT2D eigenvalue weighted by molar-refractivity contribution is 5.85. The molecule has 1 aliphatic carbocycles. The van der Waals surface area contributed by atoms with Crippen LogP contribution in [0.2, 0.25) is 0 Å². The van der Waals surface area contributed by atoms with E-state index in [0.29, 0.717) is 6.42 Å². The number of hydrogen-bond donors (Lipinski definition) is 3. The monoisotopic (exact) mass is 186 g/mol. The van der Waals surface area contributed by atoms with Crippen LogP contribution >= 0.6 is 0 Å². The second kappa shape index (κ2) is 3.64. The van der Waals surface area contributed by atoms with Gasteiger partial charge in [0.1, 0.15) is 0 Å². The molecule has 4 heteroatoms. The molecule has 4 nitrogen and oxygen atoms in total. The van der Waals surface area contributed by atoms with Crippen LogP contribution in [-0.4, -0.2) is 22.7 Å². The smallest absolute Gasteiger partial charge is 0.251 e. The summed E-state index contributed by atoms with van der Waals surface area (Å²) in [6.45, 7) is 1.97. The molecule has 0 heterocycles. The van der Waals surface area contributed by atoms with Gasteiger partial charge in [0, 0.05) is 6.04 Å². The number of primary amides is 1. The van der Waals surface area contributed by atoms with Gasteiger partial charge in [-0.3, -0.25) is 4.79 Å². The predicted octanol–water partition coefficient (Wildman–Crippen LogP) is -0.260. The van der Waals surface area contributed by atoms with Crippen molar-refractivity contribution in [2.75, 3.05) is 0 Å². The highest BCUT2D eigenvalue weighted by Crippen LogP contribution is 2.41. The molecule has 0 radical (unpaired) electrons. The normalized spacial score (nSPS) is 23.6. The minimum Gasteiger partial charge on any atom is -0.378 e. The van der Waals surface area contributed by atoms with Crippen molar-refractivity contribution in [1.29, 1.82) is 0 Å². The number of carbonyl (C=O) groups excluding carboxylic acids is 1. The molecule has 1 rings (SSSR count). The van der Waals surface area contributed by atoms with Crippen LogP contribution in [-0.2, 0) is 4.79 Å². The first-order valence-corrected chi connectivity index (χ1v) is 4.81. The molecule has 0 aromatic carbocycles. The van der Waals surface area contributed by atoms with Crippen molar-refractivity contribution in [1.82, 2.24) is 0 Å². The van der Waals surface area contributed by atoms with Gasteiger partial charge in [0.2, 0.25) is 0 Å². The summed E-state index contributed by atoms with van der Waals surface area (Å²) >= 11 is 0. The van der Waals surface area contributed by atoms with Crippen LogP contribution in [0.15, 0.2) is 0 Å². The maximum absolute atomic E-state index is 11.1. The van der Waals surface area contributed by atoms with E-state index in [1.807, 2.05) is 6.92 Å². The molecule has 5 N–H and O–H groups in total. The number of nitrogens with two attached hydrogens (primary N) is 2. The molecule has 1 fully saturated rings. The maximum Gasteiger partial charge on any atom is 0.251 e. The highest BCUT2D eigenvalue weighted by atomic mass is 16.3. The first-order chi connectivity index (χ1) is 6.03. The average molecular weight is 186 g/mol. The number of aliphatic hydroxyl groups is 1. The number of rotatable bonds is 5. The minimum absolute atomic E-state index is 0.00782. The summed E-state index contributed by atoms with van der Waals surface area (Å²) < 4.78 is 0. The van der Waals surface area contributed by atoms with Crippen molar-refractivity contribution in [3.63, 3.8) is 0 Å². The zero-order chi connectivity index (χ0) is 10.1. The molecule has 0 bridgehead atoms. The summed E-state index contributed by atoms with van der Waals surface area (Å²) in [5.74, 6) is -0.678. The van der Waals surface area contributed by atoms with Crippen molar-refractivity contribution in [2.45, 2.75) is 44.2 Å². The Balaban J connectivity index is 2.70. The SMILES string of the molecule is CCCC(N)C(O)(C(N)=O)C1CC1. The maximum atomic E-state index is 11.1. The van der Waals surface area contributed by atoms with Gasteiger partial charge < -0.3 is 16.6 Å². The summed E-state index contributed by atoms with van der Waals surface area (Å²) in [7, 11) is 0. The average Bonchev–Trinajstić information content (AvgIpc) is 2.85. The molecule has 1 saturated carbocycles. The number of amides is 1. The first kappa shape index (κ1) is 10.5. The second-order valence-corrected chi connectivity index (χ2v) is 3.86. The van der Waals surface area contributed by atoms with Gasteiger partial charge in [0.15, 0.2) is 5.60 Å². The Bertz CT molecular complexity index is 204. The van der Waals surface area contributed by atoms with E-state index < -0.39 is 17.6 Å². The molecule has 76 valence electrons. The van der Waals surface area contributed by atoms with Gasteiger partial charge in [-0.2, -0.15) is 0 Å². The predicted molar refractivity (Wildman–Crippen MR) is 49.8 cm³/mol. The molecule has 0 aliphatic heterocycles. The fraction of sp³-hybridized carbons (Fsp3) is 0.889. The summed E-state index contributed by atoms with van der Waals surface area (Å²) in [5, 5.41) is 10.0. The van der Waals surface area contributed by atoms with Crippen molar-refractivity contribution in [3.05, 3.63) is 0 Å². The van der Waals surface area contributed by atoms with E-state index in [1.54, 1.807) is 0 Å². The quantitative estimate of drug-likeness (QED) is 0.552. The van der Waals surface area contributed by atoms with E-state index in [9.17, 15) is 9.90 Å². The first-order valence-electron chi connectivity index (χ1n) is 4.81. The van der Waals surface area contributed by atoms with Crippen LogP contribution in [0.3, 0.4) is 0 Å². The van der Waals surface area contributed by atoms with Crippen LogP contribution in [0.5, 0.6) is 0 Å². The Morgan fingerprint density at radius 1 is 1.69 bits per heavy atom. The summed E-state index contributed by atoms with van der Waals surface area (Å²) in [4.78, 5) is 11.1. The largest absolute Gasteiger partial charge is 0.378 e. The Morgan fingerprint density at radius 2 is 2.23 bits per heavy atom. The Labute approximate surface area is 78.3 Å². The van der Waals surface area contributed by atoms with E-state index in [2.05, 4.69) is 0 Å². The number of hydrogen-bond acceptors (Lipinski definition) is 3. The van der Waals surface area contributed by atoms with Gasteiger partial charge in [-0.1, -0.05) is 13.3 Å². The summed E-state index contributed by atoms with van der Waals surface area (Å²) in [6, 6.07) is -0.512. The molecule has 2 atom stereocenters. The van der Waals surface area contributed by atoms with E-state index >= 15 is 0 Å². The van der Waals surface area contributed by atoms with Gasteiger partial charge in [-0.05, 0) is 25.2 Å². The third kappa shape index (κ3) is 1.84. The van der Waals surface area contributed by atoms with Gasteiger partial charge in [-0.15, -0.1) is 0 Å². The van der Waals surface area contributed by atoms with Crippen LogP contribution in [0.25, 0.3) is 0 Å². The lowest BCUT2D eigenvalue weighted by Gasteiger charge is -2.30. The van der Waals surface area contributed by atoms with Gasteiger partial charge >= 0.3 is 0 Å². The fourth-order valence-electron chi connectivity index (χ4n) is 1.74. The Morgan fingerprint density at radius 3 is 2.54 bits per heavy atom. The van der Waals surface area contributed by atoms with Crippen molar-refractivity contribution in [3.8, 4) is 0 Å². The van der Waals surface area contributed by atoms with E-state index in [4.69, 9.17) is 11.5 Å². The van der Waals surface area contributed by atoms with E-state index in [-0.39, 0.29) is 5.92 Å². The zero-order valence-corrected chi connectivity index (χ0v) is 7.99. The lowest BCUT2D eigenvalue weighted by Crippen LogP contribution is -2.58. The van der Waals surface area contributed by atoms with Gasteiger partial charge in [0.05, 0.1) is 0 Å². The molecule has 0 spiro atoms. The minimum atomic E-state index is -1.46. The highest BCUT2D eigenvalue weighted by Gasteiger charge is 2.52. The van der Waals surface area contributed by atoms with Crippen LogP contribution < -0.4 is 11.5 Å². The lowest BCUT2D eigenvalue weighted by molar-refractivity contribution is -0.141. The molecule has 0 aromatic rings. The topological polar surface area (TPSA) is 89.3 Å². The standard InChI is InChI=1S/C9H18N2O2/c1-2-3-7(10)9(13,8(11)12)6-4-5-6/h6-7,13H,2-5,10H2,1H3,(H2,11,12). The van der Waals surface area contributed by atoms with Crippen molar-refractivity contribution < 1.29 is 9.90 Å². The number of carbonyl (C=O) groups is 1. The molecule has 0 aromatic heterocycles. The van der Waals surface area contributed by atoms with E-state index in [1.165, 1.54) is 0 Å². The third-order valence-electron chi connectivity index (χ3n) is 2.76. The van der Waals surface area contributed by atoms with Crippen LogP contribution in [0.1, 0.15) is 32.6 Å². The Hall–Kier alpha value is -0.610. The molecule has 2 unspecified atom stereocenters. The van der Waals surface area contributed by atoms with Crippen molar-refractivity contribution in [2.24, 2.45) is 17.4 Å². The fourth-order valence-corrected chi connectivity index (χ4v) is 1.74. The van der Waals surface area contributed by atoms with Crippen LogP contribution in [0.4, 0.5) is 0 Å². The summed E-state index contributed by atoms with van der Waals surface area (Å²) in [6.07, 6.45) is 3.20. The Kier molecular flexibility index (Phi) is 2.93. The molecular weight excluding hydrogens is 168 g/mol. The van der Waals surface area contributed by atoms with Gasteiger partial charge in [-0.25, -0.2) is 0 Å². The molecule has 13 heavy (non-hydrogen) atoms. The third-order valence-corrected chi connectivity index (χ3v) is 2.76. The molecule has 1 amide bonds. The lowest BCUT2D eigenvalue weighted by atomic mass is 9.86. The molecular formula is C9H18N2O2. The van der Waals surface area contributed by atoms with Gasteiger partial charge in [0.25, 0.3) is 5.91 Å². The van der Waals surface area contributed by atoms with Crippen LogP contribution in [0, 0.1) is 5.92 Å². The summed E-state index contributed by atoms with van der Waals surface area (Å²) in [5.41, 5.74) is 9.47. The second-order valence-electron chi connectivity index (χ2n) is 3.86. The van der Waals surface area contributed by atoms with Crippen molar-refractivity contribution >= 4 is 5.91 Å².